The van der Waals surface area contributed by atoms with Crippen LogP contribution in [-0.2, 0) is 4.79 Å². The second kappa shape index (κ2) is 7.62. The van der Waals surface area contributed by atoms with Crippen molar-refractivity contribution in [3.05, 3.63) is 59.2 Å². The molecule has 1 aromatic carbocycles. The number of oxazole rings is 1. The SMILES string of the molecule is CC1=C(C(=O)Nc2cc(C(=O)O)ccn2)CN=C(Nc2nc3ccc(F)cc3o2)N1. The molecule has 1 amide bonds. The lowest BCUT2D eigenvalue weighted by atomic mass is 10.1. The minimum atomic E-state index is -1.12. The summed E-state index contributed by atoms with van der Waals surface area (Å²) >= 11 is 0. The number of halogens is 1. The Morgan fingerprint density at radius 3 is 2.87 bits per heavy atom. The first kappa shape index (κ1) is 19.1. The van der Waals surface area contributed by atoms with Gasteiger partial charge in [0.05, 0.1) is 17.7 Å². The average Bonchev–Trinajstić information content (AvgIpc) is 3.09. The number of nitrogens with zero attached hydrogens (tertiary/aromatic N) is 3. The van der Waals surface area contributed by atoms with Gasteiger partial charge in [-0.25, -0.2) is 19.2 Å². The molecule has 30 heavy (non-hydrogen) atoms. The summed E-state index contributed by atoms with van der Waals surface area (Å²) in [4.78, 5) is 35.9. The number of nitrogens with one attached hydrogen (secondary N) is 3. The first-order chi connectivity index (χ1) is 14.4. The Bertz CT molecular complexity index is 1230. The molecule has 0 atom stereocenters. The maximum Gasteiger partial charge on any atom is 0.335 e. The largest absolute Gasteiger partial charge is 0.478 e. The van der Waals surface area contributed by atoms with Crippen LogP contribution in [0.25, 0.3) is 11.1 Å². The van der Waals surface area contributed by atoms with E-state index >= 15 is 0 Å². The van der Waals surface area contributed by atoms with Crippen molar-refractivity contribution in [1.29, 1.82) is 0 Å². The summed E-state index contributed by atoms with van der Waals surface area (Å²) in [6.07, 6.45) is 1.30. The molecule has 0 unspecified atom stereocenters. The van der Waals surface area contributed by atoms with Crippen molar-refractivity contribution in [1.82, 2.24) is 15.3 Å². The molecule has 0 radical (unpaired) electrons. The molecule has 152 valence electrons. The van der Waals surface area contributed by atoms with Crippen LogP contribution in [0.3, 0.4) is 0 Å². The highest BCUT2D eigenvalue weighted by Crippen LogP contribution is 2.20. The van der Waals surface area contributed by atoms with E-state index in [2.05, 4.69) is 30.9 Å². The lowest BCUT2D eigenvalue weighted by Gasteiger charge is -2.19. The average molecular weight is 410 g/mol. The number of fused-ring (bicyclic) bond motifs is 1. The van der Waals surface area contributed by atoms with Gasteiger partial charge in [-0.3, -0.25) is 10.1 Å². The van der Waals surface area contributed by atoms with Crippen molar-refractivity contribution >= 4 is 40.8 Å². The fourth-order valence-corrected chi connectivity index (χ4v) is 2.76. The molecule has 0 aliphatic carbocycles. The van der Waals surface area contributed by atoms with E-state index in [0.717, 1.165) is 0 Å². The number of allylic oxidation sites excluding steroid dienone is 1. The van der Waals surface area contributed by atoms with E-state index in [0.29, 0.717) is 22.7 Å². The summed E-state index contributed by atoms with van der Waals surface area (Å²) in [5, 5.41) is 17.4. The number of carboxylic acid groups (broad SMARTS) is 1. The maximum absolute atomic E-state index is 13.3. The number of aromatic carboxylic acids is 1. The van der Waals surface area contributed by atoms with Crippen LogP contribution in [0.15, 0.2) is 57.2 Å². The molecule has 0 saturated heterocycles. The summed E-state index contributed by atoms with van der Waals surface area (Å²) in [7, 11) is 0. The van der Waals surface area contributed by atoms with Crippen LogP contribution in [0.1, 0.15) is 17.3 Å². The van der Waals surface area contributed by atoms with Gasteiger partial charge in [-0.05, 0) is 31.2 Å². The number of benzene rings is 1. The highest BCUT2D eigenvalue weighted by Gasteiger charge is 2.20. The van der Waals surface area contributed by atoms with Gasteiger partial charge < -0.3 is 20.2 Å². The smallest absolute Gasteiger partial charge is 0.335 e. The molecule has 11 heteroatoms. The van der Waals surface area contributed by atoms with Crippen LogP contribution in [0.5, 0.6) is 0 Å². The summed E-state index contributed by atoms with van der Waals surface area (Å²) in [6, 6.07) is 6.72. The Hall–Kier alpha value is -4.28. The first-order valence-electron chi connectivity index (χ1n) is 8.74. The lowest BCUT2D eigenvalue weighted by Crippen LogP contribution is -2.36. The number of aromatic nitrogens is 2. The Labute approximate surface area is 168 Å². The summed E-state index contributed by atoms with van der Waals surface area (Å²) in [6.45, 7) is 1.74. The fraction of sp³-hybridized carbons (Fsp3) is 0.105. The van der Waals surface area contributed by atoms with Crippen LogP contribution in [-0.4, -0.2) is 39.5 Å². The second-order valence-corrected chi connectivity index (χ2v) is 6.34. The molecule has 0 fully saturated rings. The summed E-state index contributed by atoms with van der Waals surface area (Å²) in [5.74, 6) is -1.59. The zero-order valence-corrected chi connectivity index (χ0v) is 15.6. The van der Waals surface area contributed by atoms with Gasteiger partial charge in [0.1, 0.15) is 17.2 Å². The van der Waals surface area contributed by atoms with Gasteiger partial charge in [0.2, 0.25) is 5.96 Å². The zero-order chi connectivity index (χ0) is 21.3. The van der Waals surface area contributed by atoms with Gasteiger partial charge in [0.25, 0.3) is 5.91 Å². The molecule has 0 spiro atoms. The number of hydrogen-bond donors (Lipinski definition) is 4. The van der Waals surface area contributed by atoms with Crippen molar-refractivity contribution in [2.45, 2.75) is 6.92 Å². The molecule has 1 aliphatic heterocycles. The molecule has 0 bridgehead atoms. The molecule has 1 aliphatic rings. The number of amides is 1. The first-order valence-corrected chi connectivity index (χ1v) is 8.74. The van der Waals surface area contributed by atoms with E-state index in [9.17, 15) is 14.0 Å². The van der Waals surface area contributed by atoms with Crippen molar-refractivity contribution in [2.24, 2.45) is 4.99 Å². The Balaban J connectivity index is 1.43. The van der Waals surface area contributed by atoms with Gasteiger partial charge in [-0.1, -0.05) is 0 Å². The number of pyridine rings is 1. The monoisotopic (exact) mass is 410 g/mol. The molecule has 3 heterocycles. The van der Waals surface area contributed by atoms with Crippen LogP contribution in [0.4, 0.5) is 16.2 Å². The second-order valence-electron chi connectivity index (χ2n) is 6.34. The molecular weight excluding hydrogens is 395 g/mol. The number of carboxylic acids is 1. The van der Waals surface area contributed by atoms with E-state index in [-0.39, 0.29) is 29.5 Å². The highest BCUT2D eigenvalue weighted by atomic mass is 19.1. The van der Waals surface area contributed by atoms with Crippen LogP contribution >= 0.6 is 0 Å². The molecule has 0 saturated carbocycles. The Kier molecular flexibility index (Phi) is 4.84. The molecular formula is C19H15FN6O4. The third-order valence-electron chi connectivity index (χ3n) is 4.25. The minimum Gasteiger partial charge on any atom is -0.478 e. The Morgan fingerprint density at radius 2 is 2.10 bits per heavy atom. The van der Waals surface area contributed by atoms with Crippen molar-refractivity contribution in [3.63, 3.8) is 0 Å². The molecule has 4 rings (SSSR count). The molecule has 4 N–H and O–H groups in total. The van der Waals surface area contributed by atoms with Gasteiger partial charge in [0, 0.05) is 18.0 Å². The zero-order valence-electron chi connectivity index (χ0n) is 15.6. The van der Waals surface area contributed by atoms with Crippen molar-refractivity contribution < 1.29 is 23.5 Å². The lowest BCUT2D eigenvalue weighted by molar-refractivity contribution is -0.113. The summed E-state index contributed by atoms with van der Waals surface area (Å²) in [5.41, 5.74) is 1.66. The van der Waals surface area contributed by atoms with Gasteiger partial charge >= 0.3 is 12.0 Å². The number of anilines is 2. The van der Waals surface area contributed by atoms with Crippen LogP contribution < -0.4 is 16.0 Å². The molecule has 3 aromatic rings. The highest BCUT2D eigenvalue weighted by molar-refractivity contribution is 6.06. The Morgan fingerprint density at radius 1 is 1.27 bits per heavy atom. The number of guanidine groups is 1. The minimum absolute atomic E-state index is 0.00972. The van der Waals surface area contributed by atoms with Crippen LogP contribution in [0, 0.1) is 5.82 Å². The topological polar surface area (TPSA) is 142 Å². The van der Waals surface area contributed by atoms with E-state index in [1.54, 1.807) is 6.92 Å². The number of hydrogen-bond acceptors (Lipinski definition) is 8. The van der Waals surface area contributed by atoms with Gasteiger partial charge in [-0.15, -0.1) is 0 Å². The third-order valence-corrected chi connectivity index (χ3v) is 4.25. The molecule has 10 nitrogen and oxygen atoms in total. The van der Waals surface area contributed by atoms with Gasteiger partial charge in [-0.2, -0.15) is 4.98 Å². The summed E-state index contributed by atoms with van der Waals surface area (Å²) < 4.78 is 18.7. The predicted octanol–water partition coefficient (Wildman–Crippen LogP) is 2.34. The molecule has 2 aromatic heterocycles. The van der Waals surface area contributed by atoms with E-state index < -0.39 is 17.7 Å². The number of carbonyl (C=O) groups excluding carboxylic acids is 1. The standard InChI is InChI=1S/C19H15FN6O4/c1-9-12(16(27)25-15-6-10(17(28)29)4-5-21-15)8-22-18(23-9)26-19-24-13-3-2-11(20)7-14(13)30-19/h2-7H,8H2,1H3,(H,28,29)(H,21,25,27)(H2,22,23,24,26). The predicted molar refractivity (Wildman–Crippen MR) is 106 cm³/mol. The van der Waals surface area contributed by atoms with Crippen molar-refractivity contribution in [2.75, 3.05) is 17.2 Å². The fourth-order valence-electron chi connectivity index (χ4n) is 2.76. The van der Waals surface area contributed by atoms with Crippen molar-refractivity contribution in [3.8, 4) is 0 Å². The number of carbonyl (C=O) groups is 2. The number of aliphatic imine (C=N–C) groups is 1. The van der Waals surface area contributed by atoms with E-state index in [1.165, 1.54) is 36.5 Å². The normalized spacial score (nSPS) is 13.6. The quantitative estimate of drug-likeness (QED) is 0.513. The number of rotatable bonds is 4. The van der Waals surface area contributed by atoms with Gasteiger partial charge in [0.15, 0.2) is 5.58 Å². The van der Waals surface area contributed by atoms with E-state index in [1.807, 2.05) is 0 Å². The third kappa shape index (κ3) is 3.94. The maximum atomic E-state index is 13.3. The van der Waals surface area contributed by atoms with E-state index in [4.69, 9.17) is 9.52 Å². The van der Waals surface area contributed by atoms with Crippen LogP contribution in [0.2, 0.25) is 0 Å².